The van der Waals surface area contributed by atoms with Crippen molar-refractivity contribution in [1.82, 2.24) is 68.9 Å². The molecule has 78 heavy (non-hydrogen) atoms. The molecule has 0 saturated heterocycles. The molecule has 0 bridgehead atoms. The number of nitrogen functional groups attached to an aromatic ring is 2. The number of sulfone groups is 1. The van der Waals surface area contributed by atoms with E-state index in [0.29, 0.717) is 55.4 Å². The van der Waals surface area contributed by atoms with E-state index in [4.69, 9.17) is 35.5 Å². The smallest absolute Gasteiger partial charge is 0.259 e. The van der Waals surface area contributed by atoms with Crippen LogP contribution in [0.15, 0.2) is 136 Å². The highest BCUT2D eigenvalue weighted by atomic mass is 32.2. The molecule has 24 nitrogen and oxygen atoms in total. The Kier molecular flexibility index (Phi) is 16.4. The summed E-state index contributed by atoms with van der Waals surface area (Å²) in [4.78, 5) is 38.4. The molecule has 10 aromatic rings. The molecule has 2 aromatic carbocycles. The van der Waals surface area contributed by atoms with Gasteiger partial charge in [-0.25, -0.2) is 8.42 Å². The van der Waals surface area contributed by atoms with Crippen LogP contribution < -0.4 is 32.0 Å². The molecule has 25 heteroatoms. The largest absolute Gasteiger partial charge is 0.492 e. The summed E-state index contributed by atoms with van der Waals surface area (Å²) < 4.78 is 47.7. The van der Waals surface area contributed by atoms with E-state index in [0.717, 1.165) is 87.2 Å². The van der Waals surface area contributed by atoms with E-state index >= 15 is 0 Å². The van der Waals surface area contributed by atoms with Crippen molar-refractivity contribution in [3.8, 4) is 34.7 Å². The molecule has 402 valence electrons. The maximum absolute atomic E-state index is 11.4. The fraction of sp³-hybridized carbons (Fsp3) is 0.283. The normalized spacial score (nSPS) is 13.5. The average Bonchev–Trinajstić information content (AvgIpc) is 4.42. The number of nitrogens with two attached hydrogens (primary N) is 3. The van der Waals surface area contributed by atoms with Crippen molar-refractivity contribution in [3.63, 3.8) is 0 Å². The number of furan rings is 2. The molecule has 0 aliphatic carbocycles. The first-order valence-corrected chi connectivity index (χ1v) is 27.2. The van der Waals surface area contributed by atoms with Crippen LogP contribution in [-0.4, -0.2) is 136 Å². The molecule has 0 saturated carbocycles. The molecule has 10 heterocycles. The molecule has 7 N–H and O–H groups in total. The first-order chi connectivity index (χ1) is 38.0. The number of hydrogen-bond acceptors (Lipinski definition) is 22. The number of aromatic nitrogens is 12. The first-order valence-electron chi connectivity index (χ1n) is 25.3. The highest BCUT2D eigenvalue weighted by molar-refractivity contribution is 7.90. The van der Waals surface area contributed by atoms with Crippen LogP contribution in [0.4, 0.5) is 17.8 Å². The van der Waals surface area contributed by atoms with Gasteiger partial charge in [0.2, 0.25) is 39.3 Å². The Bertz CT molecular complexity index is 3670. The molecule has 8 aromatic heterocycles. The van der Waals surface area contributed by atoms with Crippen LogP contribution >= 0.6 is 0 Å². The molecule has 0 atom stereocenters. The van der Waals surface area contributed by atoms with Crippen molar-refractivity contribution >= 4 is 39.2 Å². The Labute approximate surface area is 448 Å². The third kappa shape index (κ3) is 13.4. The van der Waals surface area contributed by atoms with Gasteiger partial charge in [0.15, 0.2) is 11.5 Å². The molecular formula is C53H58N18O6S. The van der Waals surface area contributed by atoms with E-state index in [1.807, 2.05) is 48.8 Å². The van der Waals surface area contributed by atoms with Gasteiger partial charge >= 0.3 is 0 Å². The van der Waals surface area contributed by atoms with E-state index in [-0.39, 0.29) is 23.5 Å². The second-order valence-corrected chi connectivity index (χ2v) is 20.2. The van der Waals surface area contributed by atoms with E-state index in [1.54, 1.807) is 30.5 Å². The first kappa shape index (κ1) is 52.5. The summed E-state index contributed by atoms with van der Waals surface area (Å²) in [5, 5.41) is 11.2. The van der Waals surface area contributed by atoms with Crippen LogP contribution in [-0.2, 0) is 48.6 Å². The van der Waals surface area contributed by atoms with Gasteiger partial charge in [-0.05, 0) is 102 Å². The summed E-state index contributed by atoms with van der Waals surface area (Å²) in [6.07, 6.45) is 11.5. The van der Waals surface area contributed by atoms with Crippen LogP contribution in [0.1, 0.15) is 33.6 Å². The molecule has 0 spiro atoms. The SMILES string of the molecule is CS(=O)(=O)c1nc(N)n2nc(-c3ccco3)nc2n1.NCCc1ccc(OCCN2CCc3ncccc3C2)cc1.Nc1nc(NCCc2ccc(OCCN3CCc4ncccc4C3)cc2)nc2nc(-c3ccco3)nn12. The highest BCUT2D eigenvalue weighted by Crippen LogP contribution is 2.22. The van der Waals surface area contributed by atoms with Gasteiger partial charge in [0, 0.05) is 88.7 Å². The lowest BCUT2D eigenvalue weighted by Crippen LogP contribution is -2.34. The van der Waals surface area contributed by atoms with Gasteiger partial charge in [-0.2, -0.15) is 38.9 Å². The minimum Gasteiger partial charge on any atom is -0.492 e. The lowest BCUT2D eigenvalue weighted by atomic mass is 10.1. The topological polar surface area (TPSA) is 313 Å². The van der Waals surface area contributed by atoms with Crippen molar-refractivity contribution in [2.24, 2.45) is 5.73 Å². The molecular weight excluding hydrogens is 1020 g/mol. The van der Waals surface area contributed by atoms with Crippen LogP contribution in [0.2, 0.25) is 0 Å². The number of rotatable bonds is 17. The van der Waals surface area contributed by atoms with Crippen molar-refractivity contribution in [2.75, 3.05) is 75.5 Å². The summed E-state index contributed by atoms with van der Waals surface area (Å²) >= 11 is 0. The Morgan fingerprint density at radius 2 is 1.13 bits per heavy atom. The molecule has 0 fully saturated rings. The Morgan fingerprint density at radius 1 is 0.615 bits per heavy atom. The van der Waals surface area contributed by atoms with Gasteiger partial charge in [0.25, 0.3) is 16.7 Å². The molecule has 12 rings (SSSR count). The summed E-state index contributed by atoms with van der Waals surface area (Å²) in [7, 11) is -3.57. The minimum absolute atomic E-state index is 0.0410. The second kappa shape index (κ2) is 24.4. The quantitative estimate of drug-likeness (QED) is 0.0965. The summed E-state index contributed by atoms with van der Waals surface area (Å²) in [6, 6.07) is 31.7. The Hall–Kier alpha value is -8.91. The van der Waals surface area contributed by atoms with Gasteiger partial charge < -0.3 is 40.8 Å². The summed E-state index contributed by atoms with van der Waals surface area (Å²) in [5.74, 6) is 4.30. The zero-order chi connectivity index (χ0) is 53.8. The van der Waals surface area contributed by atoms with Gasteiger partial charge in [0.1, 0.15) is 24.7 Å². The monoisotopic (exact) mass is 1070 g/mol. The summed E-state index contributed by atoms with van der Waals surface area (Å²) in [5.41, 5.74) is 24.8. The number of pyridine rings is 2. The third-order valence-corrected chi connectivity index (χ3v) is 13.5. The van der Waals surface area contributed by atoms with E-state index < -0.39 is 15.0 Å². The lowest BCUT2D eigenvalue weighted by Gasteiger charge is -2.27. The number of ether oxygens (including phenoxy) is 2. The van der Waals surface area contributed by atoms with Gasteiger partial charge in [-0.1, -0.05) is 36.4 Å². The number of hydrogen-bond donors (Lipinski definition) is 4. The number of benzene rings is 2. The fourth-order valence-electron chi connectivity index (χ4n) is 8.66. The standard InChI is InChI=1S/C26H27N9O2.C18H23N3O.C9H8N6O3S/c27-24-31-25(32-26-30-23(33-35(24)26)22-4-2-15-37-22)29-12-9-18-5-7-20(8-6-18)36-16-14-34-13-10-21-19(17-34)3-1-11-28-21;19-9-7-15-3-5-17(6-4-15)22-13-12-21-11-8-18-16(14-21)2-1-10-20-18;1-19(16,17)9-12-7(10)15-8(13-9)11-6(14-15)5-3-2-4-18-5/h1-8,11,15H,9-10,12-14,16-17H2,(H3,27,29,30,31,32,33);1-6,10H,7-9,11-14,19H2;2-4H,1H3,(H2,10,11,12,13,14). The van der Waals surface area contributed by atoms with Crippen molar-refractivity contribution < 1.29 is 26.7 Å². The Morgan fingerprint density at radius 3 is 1.63 bits per heavy atom. The van der Waals surface area contributed by atoms with Gasteiger partial charge in [0.05, 0.1) is 12.5 Å². The average molecular weight is 1080 g/mol. The molecule has 0 amide bonds. The summed E-state index contributed by atoms with van der Waals surface area (Å²) in [6.45, 7) is 8.51. The molecule has 2 aliphatic rings. The van der Waals surface area contributed by atoms with Crippen LogP contribution in [0, 0.1) is 0 Å². The minimum atomic E-state index is -3.57. The van der Waals surface area contributed by atoms with Crippen molar-refractivity contribution in [2.45, 2.75) is 43.9 Å². The Balaban J connectivity index is 0.000000143. The molecule has 0 radical (unpaired) electrons. The van der Waals surface area contributed by atoms with E-state index in [2.05, 4.69) is 102 Å². The van der Waals surface area contributed by atoms with Crippen LogP contribution in [0.25, 0.3) is 34.7 Å². The maximum atomic E-state index is 11.4. The maximum Gasteiger partial charge on any atom is 0.259 e. The second-order valence-electron chi connectivity index (χ2n) is 18.3. The lowest BCUT2D eigenvalue weighted by molar-refractivity contribution is 0.195. The fourth-order valence-corrected chi connectivity index (χ4v) is 9.17. The molecule has 2 aliphatic heterocycles. The predicted molar refractivity (Wildman–Crippen MR) is 290 cm³/mol. The van der Waals surface area contributed by atoms with Gasteiger partial charge in [-0.3, -0.25) is 19.8 Å². The van der Waals surface area contributed by atoms with E-state index in [9.17, 15) is 8.42 Å². The van der Waals surface area contributed by atoms with Crippen molar-refractivity contribution in [1.29, 1.82) is 0 Å². The van der Waals surface area contributed by atoms with Crippen LogP contribution in [0.3, 0.4) is 0 Å². The highest BCUT2D eigenvalue weighted by Gasteiger charge is 2.20. The molecule has 0 unspecified atom stereocenters. The third-order valence-electron chi connectivity index (χ3n) is 12.7. The number of fused-ring (bicyclic) bond motifs is 4. The van der Waals surface area contributed by atoms with E-state index in [1.165, 1.54) is 44.4 Å². The number of nitrogens with one attached hydrogen (secondary N) is 1. The van der Waals surface area contributed by atoms with Gasteiger partial charge in [-0.15, -0.1) is 10.2 Å². The zero-order valence-corrected chi connectivity index (χ0v) is 43.6. The number of anilines is 3. The van der Waals surface area contributed by atoms with Crippen molar-refractivity contribution in [3.05, 3.63) is 156 Å². The van der Waals surface area contributed by atoms with Crippen LogP contribution in [0.5, 0.6) is 11.5 Å². The zero-order valence-electron chi connectivity index (χ0n) is 42.8. The number of nitrogens with zero attached hydrogens (tertiary/aromatic N) is 14. The predicted octanol–water partition coefficient (Wildman–Crippen LogP) is 4.63.